The van der Waals surface area contributed by atoms with Crippen molar-refractivity contribution in [3.05, 3.63) is 53.6 Å². The van der Waals surface area contributed by atoms with Crippen molar-refractivity contribution in [2.24, 2.45) is 0 Å². The minimum absolute atomic E-state index is 0.00654. The highest BCUT2D eigenvalue weighted by Gasteiger charge is 2.17. The van der Waals surface area contributed by atoms with E-state index in [-0.39, 0.29) is 22.3 Å². The lowest BCUT2D eigenvalue weighted by Gasteiger charge is -2.14. The molecule has 0 radical (unpaired) electrons. The zero-order chi connectivity index (χ0) is 17.9. The molecule has 0 fully saturated rings. The average Bonchev–Trinajstić information content (AvgIpc) is 2.48. The SMILES string of the molecule is Cc1cc(S(=O)(=O)Nc2cccc(C(=O)O)c2)ccc1OC(C)C. The number of rotatable bonds is 6. The number of aryl methyl sites for hydroxylation is 1. The average molecular weight is 349 g/mol. The van der Waals surface area contributed by atoms with Gasteiger partial charge in [-0.3, -0.25) is 4.72 Å². The van der Waals surface area contributed by atoms with E-state index in [0.29, 0.717) is 11.3 Å². The molecule has 0 saturated heterocycles. The van der Waals surface area contributed by atoms with E-state index in [1.165, 1.54) is 36.4 Å². The van der Waals surface area contributed by atoms with E-state index >= 15 is 0 Å². The summed E-state index contributed by atoms with van der Waals surface area (Å²) in [4.78, 5) is 11.0. The Kier molecular flexibility index (Phi) is 5.14. The molecule has 7 heteroatoms. The Bertz CT molecular complexity index is 859. The predicted molar refractivity (Wildman–Crippen MR) is 91.2 cm³/mol. The van der Waals surface area contributed by atoms with Crippen molar-refractivity contribution in [3.8, 4) is 5.75 Å². The Balaban J connectivity index is 2.29. The number of carbonyl (C=O) groups is 1. The smallest absolute Gasteiger partial charge is 0.335 e. The van der Waals surface area contributed by atoms with Crippen molar-refractivity contribution in [1.82, 2.24) is 0 Å². The maximum Gasteiger partial charge on any atom is 0.335 e. The van der Waals surface area contributed by atoms with Gasteiger partial charge in [0.25, 0.3) is 10.0 Å². The van der Waals surface area contributed by atoms with Crippen LogP contribution in [0.2, 0.25) is 0 Å². The first-order chi connectivity index (χ1) is 11.2. The third kappa shape index (κ3) is 4.26. The molecule has 0 saturated carbocycles. The van der Waals surface area contributed by atoms with Gasteiger partial charge in [0.05, 0.1) is 16.6 Å². The Morgan fingerprint density at radius 3 is 2.46 bits per heavy atom. The molecule has 0 heterocycles. The number of anilines is 1. The lowest BCUT2D eigenvalue weighted by molar-refractivity contribution is 0.0697. The summed E-state index contributed by atoms with van der Waals surface area (Å²) in [5.41, 5.74) is 0.896. The maximum atomic E-state index is 12.5. The van der Waals surface area contributed by atoms with Gasteiger partial charge in [0.1, 0.15) is 5.75 Å². The Morgan fingerprint density at radius 2 is 1.88 bits per heavy atom. The van der Waals surface area contributed by atoms with Gasteiger partial charge in [-0.05, 0) is 62.7 Å². The van der Waals surface area contributed by atoms with Crippen LogP contribution in [-0.4, -0.2) is 25.6 Å². The summed E-state index contributed by atoms with van der Waals surface area (Å²) < 4.78 is 32.9. The first-order valence-corrected chi connectivity index (χ1v) is 8.81. The number of sulfonamides is 1. The van der Waals surface area contributed by atoms with Gasteiger partial charge < -0.3 is 9.84 Å². The fourth-order valence-electron chi connectivity index (χ4n) is 2.11. The van der Waals surface area contributed by atoms with Crippen LogP contribution in [0.25, 0.3) is 0 Å². The van der Waals surface area contributed by atoms with Gasteiger partial charge in [0.15, 0.2) is 0 Å². The van der Waals surface area contributed by atoms with E-state index in [2.05, 4.69) is 4.72 Å². The number of benzene rings is 2. The maximum absolute atomic E-state index is 12.5. The number of carboxylic acid groups (broad SMARTS) is 1. The number of nitrogens with one attached hydrogen (secondary N) is 1. The molecule has 0 atom stereocenters. The highest BCUT2D eigenvalue weighted by Crippen LogP contribution is 2.24. The van der Waals surface area contributed by atoms with E-state index in [0.717, 1.165) is 0 Å². The van der Waals surface area contributed by atoms with Crippen molar-refractivity contribution in [3.63, 3.8) is 0 Å². The molecule has 0 aliphatic rings. The molecule has 6 nitrogen and oxygen atoms in total. The highest BCUT2D eigenvalue weighted by molar-refractivity contribution is 7.92. The topological polar surface area (TPSA) is 92.7 Å². The van der Waals surface area contributed by atoms with Crippen LogP contribution in [0.3, 0.4) is 0 Å². The zero-order valence-corrected chi connectivity index (χ0v) is 14.4. The number of ether oxygens (including phenoxy) is 1. The number of aromatic carboxylic acids is 1. The summed E-state index contributed by atoms with van der Waals surface area (Å²) >= 11 is 0. The molecule has 2 rings (SSSR count). The van der Waals surface area contributed by atoms with Gasteiger partial charge in [0.2, 0.25) is 0 Å². The second kappa shape index (κ2) is 6.92. The molecule has 24 heavy (non-hydrogen) atoms. The van der Waals surface area contributed by atoms with Crippen molar-refractivity contribution in [2.75, 3.05) is 4.72 Å². The summed E-state index contributed by atoms with van der Waals surface area (Å²) in [6, 6.07) is 10.2. The Hall–Kier alpha value is -2.54. The molecule has 0 aliphatic carbocycles. The molecule has 0 spiro atoms. The third-order valence-corrected chi connectivity index (χ3v) is 4.56. The van der Waals surface area contributed by atoms with Crippen molar-refractivity contribution in [1.29, 1.82) is 0 Å². The third-order valence-electron chi connectivity index (χ3n) is 3.18. The Morgan fingerprint density at radius 1 is 1.17 bits per heavy atom. The first-order valence-electron chi connectivity index (χ1n) is 7.32. The van der Waals surface area contributed by atoms with E-state index in [4.69, 9.17) is 9.84 Å². The summed E-state index contributed by atoms with van der Waals surface area (Å²) in [7, 11) is -3.82. The molecule has 0 unspecified atom stereocenters. The van der Waals surface area contributed by atoms with E-state index in [1.54, 1.807) is 13.0 Å². The van der Waals surface area contributed by atoms with Gasteiger partial charge in [0, 0.05) is 5.69 Å². The monoisotopic (exact) mass is 349 g/mol. The van der Waals surface area contributed by atoms with Crippen LogP contribution in [0.4, 0.5) is 5.69 Å². The van der Waals surface area contributed by atoms with Crippen LogP contribution >= 0.6 is 0 Å². The van der Waals surface area contributed by atoms with Gasteiger partial charge in [-0.15, -0.1) is 0 Å². The molecule has 0 aliphatic heterocycles. The first kappa shape index (κ1) is 17.8. The van der Waals surface area contributed by atoms with Crippen LogP contribution in [0.5, 0.6) is 5.75 Å². The minimum atomic E-state index is -3.82. The second-order valence-electron chi connectivity index (χ2n) is 5.59. The van der Waals surface area contributed by atoms with Crippen LogP contribution < -0.4 is 9.46 Å². The number of carboxylic acids is 1. The standard InChI is InChI=1S/C17H19NO5S/c1-11(2)23-16-8-7-15(9-12(16)3)24(21,22)18-14-6-4-5-13(10-14)17(19)20/h4-11,18H,1-3H3,(H,19,20). The molecule has 2 aromatic carbocycles. The molecule has 0 bridgehead atoms. The van der Waals surface area contributed by atoms with E-state index in [9.17, 15) is 13.2 Å². The van der Waals surface area contributed by atoms with E-state index in [1.807, 2.05) is 13.8 Å². The van der Waals surface area contributed by atoms with E-state index < -0.39 is 16.0 Å². The highest BCUT2D eigenvalue weighted by atomic mass is 32.2. The van der Waals surface area contributed by atoms with Gasteiger partial charge in [-0.25, -0.2) is 13.2 Å². The quantitative estimate of drug-likeness (QED) is 0.835. The molecular formula is C17H19NO5S. The van der Waals surface area contributed by atoms with Crippen LogP contribution in [0.1, 0.15) is 29.8 Å². The minimum Gasteiger partial charge on any atom is -0.491 e. The number of hydrogen-bond acceptors (Lipinski definition) is 4. The summed E-state index contributed by atoms with van der Waals surface area (Å²) in [6.07, 6.45) is -0.0111. The summed E-state index contributed by atoms with van der Waals surface area (Å²) in [6.45, 7) is 5.55. The lowest BCUT2D eigenvalue weighted by atomic mass is 10.2. The molecular weight excluding hydrogens is 330 g/mol. The van der Waals surface area contributed by atoms with Crippen LogP contribution in [0.15, 0.2) is 47.4 Å². The van der Waals surface area contributed by atoms with Gasteiger partial charge in [-0.2, -0.15) is 0 Å². The molecule has 0 amide bonds. The van der Waals surface area contributed by atoms with Crippen LogP contribution in [-0.2, 0) is 10.0 Å². The Labute approximate surface area is 141 Å². The fourth-order valence-corrected chi connectivity index (χ4v) is 3.24. The number of hydrogen-bond donors (Lipinski definition) is 2. The molecule has 0 aromatic heterocycles. The van der Waals surface area contributed by atoms with Crippen molar-refractivity contribution in [2.45, 2.75) is 31.8 Å². The zero-order valence-electron chi connectivity index (χ0n) is 13.6. The predicted octanol–water partition coefficient (Wildman–Crippen LogP) is 3.28. The van der Waals surface area contributed by atoms with Crippen LogP contribution in [0, 0.1) is 6.92 Å². The second-order valence-corrected chi connectivity index (χ2v) is 7.27. The fraction of sp³-hybridized carbons (Fsp3) is 0.235. The molecule has 2 aromatic rings. The van der Waals surface area contributed by atoms with Crippen molar-refractivity contribution >= 4 is 21.7 Å². The summed E-state index contributed by atoms with van der Waals surface area (Å²) in [5.74, 6) is -0.501. The van der Waals surface area contributed by atoms with Crippen molar-refractivity contribution < 1.29 is 23.1 Å². The summed E-state index contributed by atoms with van der Waals surface area (Å²) in [5, 5.41) is 8.97. The van der Waals surface area contributed by atoms with Gasteiger partial charge >= 0.3 is 5.97 Å². The normalized spacial score (nSPS) is 11.3. The van der Waals surface area contributed by atoms with Gasteiger partial charge in [-0.1, -0.05) is 6.07 Å². The molecule has 2 N–H and O–H groups in total. The lowest BCUT2D eigenvalue weighted by Crippen LogP contribution is -2.14. The largest absolute Gasteiger partial charge is 0.491 e. The molecule has 128 valence electrons.